The first-order chi connectivity index (χ1) is 21.1. The Bertz CT molecular complexity index is 1540. The van der Waals surface area contributed by atoms with E-state index in [4.69, 9.17) is 0 Å². The van der Waals surface area contributed by atoms with Crippen LogP contribution in [-0.4, -0.2) is 79.7 Å². The minimum Gasteiger partial charge on any atom is -0.382 e. The van der Waals surface area contributed by atoms with Gasteiger partial charge in [-0.2, -0.15) is 18.3 Å². The van der Waals surface area contributed by atoms with Gasteiger partial charge < -0.3 is 15.2 Å². The van der Waals surface area contributed by atoms with Crippen LogP contribution in [0.3, 0.4) is 0 Å². The van der Waals surface area contributed by atoms with E-state index in [1.165, 1.54) is 4.57 Å². The van der Waals surface area contributed by atoms with E-state index in [-0.39, 0.29) is 17.1 Å². The van der Waals surface area contributed by atoms with Crippen LogP contribution >= 0.6 is 22.6 Å². The van der Waals surface area contributed by atoms with Crippen molar-refractivity contribution in [2.24, 2.45) is 9.98 Å². The summed E-state index contributed by atoms with van der Waals surface area (Å²) in [5.41, 5.74) is 3.98. The Kier molecular flexibility index (Phi) is 10.8. The van der Waals surface area contributed by atoms with Crippen molar-refractivity contribution in [2.75, 3.05) is 36.4 Å². The van der Waals surface area contributed by atoms with Gasteiger partial charge in [0.05, 0.1) is 41.7 Å². The molecule has 0 radical (unpaired) electrons. The first-order valence-electron chi connectivity index (χ1n) is 15.3. The quantitative estimate of drug-likeness (QED) is 0.188. The van der Waals surface area contributed by atoms with Crippen LogP contribution in [0.15, 0.2) is 53.2 Å². The first kappa shape index (κ1) is 35.0. The van der Waals surface area contributed by atoms with Crippen LogP contribution in [0.1, 0.15) is 65.6 Å². The zero-order chi connectivity index (χ0) is 33.2. The molecular formula is C33H46F3IN8. The van der Waals surface area contributed by atoms with Gasteiger partial charge in [0.1, 0.15) is 6.54 Å². The number of halogens is 4. The van der Waals surface area contributed by atoms with E-state index in [1.54, 1.807) is 18.3 Å². The number of likely N-dealkylation sites (tertiary alicyclic amines) is 1. The Morgan fingerprint density at radius 3 is 2.33 bits per heavy atom. The van der Waals surface area contributed by atoms with Gasteiger partial charge in [0.2, 0.25) is 0 Å². The molecule has 45 heavy (non-hydrogen) atoms. The maximum absolute atomic E-state index is 13.8. The molecule has 2 aliphatic rings. The molecule has 4 heterocycles. The molecule has 0 amide bonds. The molecule has 0 bridgehead atoms. The Hall–Kier alpha value is -2.87. The van der Waals surface area contributed by atoms with E-state index in [0.29, 0.717) is 35.8 Å². The molecule has 0 saturated carbocycles. The van der Waals surface area contributed by atoms with Crippen molar-refractivity contribution in [1.82, 2.24) is 24.6 Å². The minimum absolute atomic E-state index is 0.119. The van der Waals surface area contributed by atoms with Gasteiger partial charge in [-0.25, -0.2) is 4.99 Å². The molecular weight excluding hydrogens is 692 g/mol. The van der Waals surface area contributed by atoms with Crippen molar-refractivity contribution in [2.45, 2.75) is 84.2 Å². The molecule has 0 unspecified atom stereocenters. The second-order valence-corrected chi connectivity index (χ2v) is 13.5. The number of aliphatic imine (C=N–C) groups is 2. The van der Waals surface area contributed by atoms with Crippen LogP contribution in [0.2, 0.25) is 0 Å². The molecule has 0 aliphatic carbocycles. The van der Waals surface area contributed by atoms with Gasteiger partial charge in [-0.3, -0.25) is 14.6 Å². The summed E-state index contributed by atoms with van der Waals surface area (Å²) in [5.74, 6) is 0.313. The summed E-state index contributed by atoms with van der Waals surface area (Å²) in [7, 11) is 0. The number of hydrogen-bond donors (Lipinski definition) is 2. The fourth-order valence-electron chi connectivity index (χ4n) is 5.64. The molecule has 1 fully saturated rings. The third-order valence-electron chi connectivity index (χ3n) is 8.12. The molecule has 8 nitrogen and oxygen atoms in total. The highest BCUT2D eigenvalue weighted by Gasteiger charge is 2.32. The van der Waals surface area contributed by atoms with Gasteiger partial charge in [-0.1, -0.05) is 35.2 Å². The number of nitrogens with one attached hydrogen (secondary N) is 2. The van der Waals surface area contributed by atoms with E-state index in [1.807, 2.05) is 27.9 Å². The van der Waals surface area contributed by atoms with Crippen LogP contribution in [-0.2, 0) is 12.1 Å². The Morgan fingerprint density at radius 1 is 1.04 bits per heavy atom. The van der Waals surface area contributed by atoms with Crippen LogP contribution in [0, 0.1) is 0 Å². The predicted molar refractivity (Wildman–Crippen MR) is 189 cm³/mol. The number of anilines is 1. The highest BCUT2D eigenvalue weighted by atomic mass is 127. The number of nitrogens with zero attached hydrogens (tertiary/aromatic N) is 6. The van der Waals surface area contributed by atoms with Crippen molar-refractivity contribution in [1.29, 1.82) is 0 Å². The van der Waals surface area contributed by atoms with E-state index >= 15 is 0 Å². The minimum atomic E-state index is -4.40. The average Bonchev–Trinajstić information content (AvgIpc) is 3.72. The third-order valence-corrected chi connectivity index (χ3v) is 8.12. The molecule has 1 saturated heterocycles. The van der Waals surface area contributed by atoms with Crippen molar-refractivity contribution in [3.63, 3.8) is 0 Å². The predicted octanol–water partition coefficient (Wildman–Crippen LogP) is 7.34. The van der Waals surface area contributed by atoms with E-state index < -0.39 is 12.7 Å². The molecule has 0 spiro atoms. The number of fused-ring (bicyclic) bond motifs is 1. The monoisotopic (exact) mass is 738 g/mol. The maximum atomic E-state index is 13.8. The van der Waals surface area contributed by atoms with Crippen LogP contribution in [0.4, 0.5) is 18.9 Å². The highest BCUT2D eigenvalue weighted by molar-refractivity contribution is 14.1. The topological polar surface area (TPSA) is 74.8 Å². The maximum Gasteiger partial charge on any atom is 0.406 e. The first-order valence-corrected chi connectivity index (χ1v) is 17.4. The van der Waals surface area contributed by atoms with Gasteiger partial charge in [-0.05, 0) is 77.5 Å². The second kappa shape index (κ2) is 13.9. The molecule has 2 aliphatic heterocycles. The van der Waals surface area contributed by atoms with Crippen molar-refractivity contribution >= 4 is 56.4 Å². The molecule has 1 aromatic carbocycles. The number of amidine groups is 1. The molecule has 2 N–H and O–H groups in total. The van der Waals surface area contributed by atoms with Gasteiger partial charge in [-0.15, -0.1) is 0 Å². The van der Waals surface area contributed by atoms with Gasteiger partial charge in [0, 0.05) is 53.2 Å². The largest absolute Gasteiger partial charge is 0.406 e. The molecule has 246 valence electrons. The lowest BCUT2D eigenvalue weighted by Crippen LogP contribution is -2.48. The fourth-order valence-corrected chi connectivity index (χ4v) is 5.64. The standard InChI is InChI=1S/C32H43F3N8.CH3I/c1-21(22-16-38-43(19-22)31(5,6)7)36-17-24-18-37-29(40-24)28-15-25-26(9-8-10-27(25)42(28)20-32(33,34)35)39-23-11-13-41(14-12-23)30(2,3)4;1-2/h8-10,15-16,19,23,36,39H,1,11-14,17-18,20H2,2-7H3;1H3. The van der Waals surface area contributed by atoms with E-state index in [9.17, 15) is 13.2 Å². The zero-order valence-electron chi connectivity index (χ0n) is 27.4. The zero-order valence-corrected chi connectivity index (χ0v) is 29.6. The average molecular weight is 739 g/mol. The van der Waals surface area contributed by atoms with Crippen molar-refractivity contribution in [3.05, 3.63) is 54.5 Å². The molecule has 3 aromatic rings. The fraction of sp³-hybridized carbons (Fsp3) is 0.545. The SMILES string of the molecule is C=C(NCC1=NC(c2cc3c(NC4CCN(C(C)(C)C)CC4)cccc3n2CC(F)(F)F)=NC1)c1cnn(C(C)(C)C)c1.CI. The Morgan fingerprint density at radius 2 is 1.73 bits per heavy atom. The van der Waals surface area contributed by atoms with Gasteiger partial charge >= 0.3 is 6.18 Å². The Balaban J connectivity index is 0.00000226. The third kappa shape index (κ3) is 8.69. The summed E-state index contributed by atoms with van der Waals surface area (Å²) < 4.78 is 44.6. The summed E-state index contributed by atoms with van der Waals surface area (Å²) in [6.45, 7) is 18.5. The summed E-state index contributed by atoms with van der Waals surface area (Å²) >= 11 is 2.15. The molecule has 12 heteroatoms. The molecule has 0 atom stereocenters. The van der Waals surface area contributed by atoms with Crippen LogP contribution in [0.5, 0.6) is 0 Å². The van der Waals surface area contributed by atoms with Gasteiger partial charge in [0.25, 0.3) is 0 Å². The lowest BCUT2D eigenvalue weighted by Gasteiger charge is -2.41. The Labute approximate surface area is 278 Å². The highest BCUT2D eigenvalue weighted by Crippen LogP contribution is 2.33. The van der Waals surface area contributed by atoms with Crippen LogP contribution < -0.4 is 10.6 Å². The number of piperidine rings is 1. The number of aromatic nitrogens is 3. The van der Waals surface area contributed by atoms with E-state index in [2.05, 4.69) is 101 Å². The lowest BCUT2D eigenvalue weighted by atomic mass is 9.97. The number of rotatable bonds is 8. The summed E-state index contributed by atoms with van der Waals surface area (Å²) in [5, 5.41) is 12.1. The van der Waals surface area contributed by atoms with E-state index in [0.717, 1.165) is 48.3 Å². The summed E-state index contributed by atoms with van der Waals surface area (Å²) in [4.78, 5) is 13.7. The second-order valence-electron chi connectivity index (χ2n) is 13.5. The normalized spacial score (nSPS) is 16.7. The van der Waals surface area contributed by atoms with Crippen molar-refractivity contribution in [3.8, 4) is 0 Å². The van der Waals surface area contributed by atoms with Gasteiger partial charge in [0.15, 0.2) is 5.84 Å². The number of benzene rings is 1. The van der Waals surface area contributed by atoms with Crippen molar-refractivity contribution < 1.29 is 13.2 Å². The molecule has 2 aromatic heterocycles. The summed E-state index contributed by atoms with van der Waals surface area (Å²) in [6, 6.07) is 7.55. The number of hydrogen-bond acceptors (Lipinski definition) is 6. The van der Waals surface area contributed by atoms with Crippen LogP contribution in [0.25, 0.3) is 16.6 Å². The number of alkyl halides is 4. The summed E-state index contributed by atoms with van der Waals surface area (Å²) in [6.07, 6.45) is 1.24. The smallest absolute Gasteiger partial charge is 0.382 e. The lowest BCUT2D eigenvalue weighted by molar-refractivity contribution is -0.139. The molecule has 5 rings (SSSR count).